The van der Waals surface area contributed by atoms with Gasteiger partial charge in [0.2, 0.25) is 0 Å². The minimum absolute atomic E-state index is 0.140. The zero-order valence-electron chi connectivity index (χ0n) is 6.89. The van der Waals surface area contributed by atoms with Gasteiger partial charge in [-0.05, 0) is 6.42 Å². The van der Waals surface area contributed by atoms with Gasteiger partial charge >= 0.3 is 5.97 Å². The predicted molar refractivity (Wildman–Crippen MR) is 43.1 cm³/mol. The summed E-state index contributed by atoms with van der Waals surface area (Å²) in [6, 6.07) is 0. The first kappa shape index (κ1) is 8.96. The third kappa shape index (κ3) is 1.16. The van der Waals surface area contributed by atoms with Crippen LogP contribution in [0, 0.1) is 5.41 Å². The van der Waals surface area contributed by atoms with Gasteiger partial charge in [-0.2, -0.15) is 0 Å². The molecule has 0 aliphatic carbocycles. The number of ether oxygens (including phenoxy) is 1. The SMILES string of the molecule is O=C(O)C12CCOC1CS(=O)(=O)C2. The van der Waals surface area contributed by atoms with Crippen LogP contribution in [0.25, 0.3) is 0 Å². The van der Waals surface area contributed by atoms with E-state index in [9.17, 15) is 13.2 Å². The van der Waals surface area contributed by atoms with Crippen molar-refractivity contribution in [2.75, 3.05) is 18.1 Å². The highest BCUT2D eigenvalue weighted by Gasteiger charge is 2.59. The highest BCUT2D eigenvalue weighted by Crippen LogP contribution is 2.42. The van der Waals surface area contributed by atoms with Crippen molar-refractivity contribution in [2.45, 2.75) is 12.5 Å². The number of aliphatic carboxylic acids is 1. The molecule has 2 atom stereocenters. The van der Waals surface area contributed by atoms with Gasteiger partial charge in [-0.1, -0.05) is 0 Å². The fourth-order valence-corrected chi connectivity index (χ4v) is 4.30. The Kier molecular flexibility index (Phi) is 1.69. The van der Waals surface area contributed by atoms with Crippen molar-refractivity contribution in [1.29, 1.82) is 0 Å². The Morgan fingerprint density at radius 1 is 1.54 bits per heavy atom. The van der Waals surface area contributed by atoms with Crippen LogP contribution in [0.15, 0.2) is 0 Å². The van der Waals surface area contributed by atoms with Gasteiger partial charge in [0.05, 0.1) is 17.6 Å². The molecule has 0 aromatic heterocycles. The molecule has 2 saturated heterocycles. The number of hydrogen-bond donors (Lipinski definition) is 1. The standard InChI is InChI=1S/C7H10O5S/c8-6(9)7-1-2-12-5(7)3-13(10,11)4-7/h5H,1-4H2,(H,8,9). The first-order chi connectivity index (χ1) is 5.96. The molecule has 13 heavy (non-hydrogen) atoms. The second kappa shape index (κ2) is 2.45. The van der Waals surface area contributed by atoms with Gasteiger partial charge in [-0.15, -0.1) is 0 Å². The molecule has 6 heteroatoms. The van der Waals surface area contributed by atoms with Crippen LogP contribution in [0.3, 0.4) is 0 Å². The van der Waals surface area contributed by atoms with E-state index in [1.54, 1.807) is 0 Å². The average Bonchev–Trinajstić information content (AvgIpc) is 2.40. The van der Waals surface area contributed by atoms with Gasteiger partial charge in [0.1, 0.15) is 5.41 Å². The van der Waals surface area contributed by atoms with E-state index >= 15 is 0 Å². The summed E-state index contributed by atoms with van der Waals surface area (Å²) in [5.41, 5.74) is -1.15. The number of fused-ring (bicyclic) bond motifs is 1. The summed E-state index contributed by atoms with van der Waals surface area (Å²) in [4.78, 5) is 10.9. The lowest BCUT2D eigenvalue weighted by atomic mass is 9.84. The summed E-state index contributed by atoms with van der Waals surface area (Å²) in [7, 11) is -3.21. The molecular formula is C7H10O5S. The summed E-state index contributed by atoms with van der Waals surface area (Å²) in [6.45, 7) is 0.354. The fraction of sp³-hybridized carbons (Fsp3) is 0.857. The lowest BCUT2D eigenvalue weighted by molar-refractivity contribution is -0.149. The molecule has 0 amide bonds. The minimum Gasteiger partial charge on any atom is -0.481 e. The highest BCUT2D eigenvalue weighted by atomic mass is 32.2. The van der Waals surface area contributed by atoms with Crippen molar-refractivity contribution in [2.24, 2.45) is 5.41 Å². The fourth-order valence-electron chi connectivity index (χ4n) is 2.06. The summed E-state index contributed by atoms with van der Waals surface area (Å²) >= 11 is 0. The smallest absolute Gasteiger partial charge is 0.313 e. The Labute approximate surface area is 75.6 Å². The second-order valence-electron chi connectivity index (χ2n) is 3.63. The first-order valence-electron chi connectivity index (χ1n) is 4.02. The number of carboxylic acids is 1. The summed E-state index contributed by atoms with van der Waals surface area (Å²) in [5.74, 6) is -1.45. The maximum Gasteiger partial charge on any atom is 0.313 e. The minimum atomic E-state index is -3.21. The van der Waals surface area contributed by atoms with Gasteiger partial charge in [0, 0.05) is 6.61 Å². The molecular weight excluding hydrogens is 196 g/mol. The van der Waals surface area contributed by atoms with Gasteiger partial charge in [-0.25, -0.2) is 8.42 Å². The summed E-state index contributed by atoms with van der Waals surface area (Å²) in [5, 5.41) is 8.96. The Hall–Kier alpha value is -0.620. The van der Waals surface area contributed by atoms with Crippen molar-refractivity contribution in [3.8, 4) is 0 Å². The normalized spacial score (nSPS) is 41.7. The topological polar surface area (TPSA) is 80.7 Å². The van der Waals surface area contributed by atoms with E-state index in [2.05, 4.69) is 0 Å². The molecule has 2 aliphatic heterocycles. The van der Waals surface area contributed by atoms with Gasteiger partial charge in [0.15, 0.2) is 9.84 Å². The Morgan fingerprint density at radius 2 is 2.23 bits per heavy atom. The van der Waals surface area contributed by atoms with E-state index < -0.39 is 27.3 Å². The molecule has 0 radical (unpaired) electrons. The lowest BCUT2D eigenvalue weighted by Gasteiger charge is -2.19. The Morgan fingerprint density at radius 3 is 2.77 bits per heavy atom. The number of carboxylic acid groups (broad SMARTS) is 1. The van der Waals surface area contributed by atoms with Crippen LogP contribution in [-0.2, 0) is 19.4 Å². The third-order valence-electron chi connectivity index (χ3n) is 2.79. The van der Waals surface area contributed by atoms with E-state index in [-0.39, 0.29) is 11.5 Å². The lowest BCUT2D eigenvalue weighted by Crippen LogP contribution is -2.37. The molecule has 0 bridgehead atoms. The van der Waals surface area contributed by atoms with Crippen molar-refractivity contribution in [3.63, 3.8) is 0 Å². The summed E-state index contributed by atoms with van der Waals surface area (Å²) < 4.78 is 27.5. The molecule has 2 unspecified atom stereocenters. The van der Waals surface area contributed by atoms with Crippen LogP contribution in [0.5, 0.6) is 0 Å². The van der Waals surface area contributed by atoms with E-state index in [1.165, 1.54) is 0 Å². The van der Waals surface area contributed by atoms with Crippen LogP contribution in [-0.4, -0.2) is 43.7 Å². The molecule has 74 valence electrons. The van der Waals surface area contributed by atoms with Crippen molar-refractivity contribution >= 4 is 15.8 Å². The molecule has 2 heterocycles. The van der Waals surface area contributed by atoms with Gasteiger partial charge in [0.25, 0.3) is 0 Å². The zero-order chi connectivity index (χ0) is 9.69. The maximum absolute atomic E-state index is 11.2. The summed E-state index contributed by atoms with van der Waals surface area (Å²) in [6.07, 6.45) is -0.318. The van der Waals surface area contributed by atoms with Crippen molar-refractivity contribution in [1.82, 2.24) is 0 Å². The van der Waals surface area contributed by atoms with Gasteiger partial charge in [-0.3, -0.25) is 4.79 Å². The van der Waals surface area contributed by atoms with E-state index in [0.717, 1.165) is 0 Å². The zero-order valence-corrected chi connectivity index (χ0v) is 7.71. The van der Waals surface area contributed by atoms with E-state index in [4.69, 9.17) is 9.84 Å². The van der Waals surface area contributed by atoms with Gasteiger partial charge < -0.3 is 9.84 Å². The number of hydrogen-bond acceptors (Lipinski definition) is 4. The number of sulfone groups is 1. The molecule has 2 aliphatic rings. The molecule has 0 spiro atoms. The largest absolute Gasteiger partial charge is 0.481 e. The van der Waals surface area contributed by atoms with Crippen molar-refractivity contribution < 1.29 is 23.1 Å². The Balaban J connectivity index is 2.41. The van der Waals surface area contributed by atoms with Crippen LogP contribution in [0.4, 0.5) is 0 Å². The number of carbonyl (C=O) groups is 1. The first-order valence-corrected chi connectivity index (χ1v) is 5.84. The van der Waals surface area contributed by atoms with Crippen LogP contribution < -0.4 is 0 Å². The quantitative estimate of drug-likeness (QED) is 0.612. The van der Waals surface area contributed by atoms with Crippen molar-refractivity contribution in [3.05, 3.63) is 0 Å². The molecule has 0 aromatic rings. The second-order valence-corrected chi connectivity index (χ2v) is 5.73. The third-order valence-corrected chi connectivity index (χ3v) is 4.56. The monoisotopic (exact) mass is 206 g/mol. The van der Waals surface area contributed by atoms with E-state index in [0.29, 0.717) is 13.0 Å². The average molecular weight is 206 g/mol. The van der Waals surface area contributed by atoms with E-state index in [1.807, 2.05) is 0 Å². The molecule has 2 rings (SSSR count). The highest BCUT2D eigenvalue weighted by molar-refractivity contribution is 7.91. The number of rotatable bonds is 1. The predicted octanol–water partition coefficient (Wildman–Crippen LogP) is -0.725. The molecule has 2 fully saturated rings. The molecule has 1 N–H and O–H groups in total. The molecule has 0 aromatic carbocycles. The van der Waals surface area contributed by atoms with Crippen LogP contribution >= 0.6 is 0 Å². The van der Waals surface area contributed by atoms with Crippen LogP contribution in [0.2, 0.25) is 0 Å². The Bertz CT molecular complexity index is 346. The maximum atomic E-state index is 11.2. The molecule has 0 saturated carbocycles. The molecule has 5 nitrogen and oxygen atoms in total. The van der Waals surface area contributed by atoms with Crippen LogP contribution in [0.1, 0.15) is 6.42 Å².